The molecule has 0 aliphatic rings. The van der Waals surface area contributed by atoms with E-state index < -0.39 is 5.92 Å². The number of nitrogens with zero attached hydrogens (tertiary/aromatic N) is 2. The zero-order valence-electron chi connectivity index (χ0n) is 16.1. The summed E-state index contributed by atoms with van der Waals surface area (Å²) in [6, 6.07) is 29.5. The minimum Gasteiger partial charge on any atom is -0.486 e. The van der Waals surface area contributed by atoms with Crippen molar-refractivity contribution in [2.75, 3.05) is 6.61 Å². The van der Waals surface area contributed by atoms with Crippen LogP contribution < -0.4 is 4.74 Å². The predicted octanol–water partition coefficient (Wildman–Crippen LogP) is 5.10. The van der Waals surface area contributed by atoms with Gasteiger partial charge in [0.25, 0.3) is 0 Å². The molecule has 0 aliphatic carbocycles. The first-order valence-electron chi connectivity index (χ1n) is 9.42. The molecule has 1 heterocycles. The third-order valence-corrected chi connectivity index (χ3v) is 5.08. The number of hydrogen-bond acceptors (Lipinski definition) is 3. The lowest BCUT2D eigenvalue weighted by molar-refractivity contribution is -0.121. The summed E-state index contributed by atoms with van der Waals surface area (Å²) in [5, 5.41) is 10.6. The van der Waals surface area contributed by atoms with Gasteiger partial charge in [0.15, 0.2) is 5.78 Å². The number of hydrogen-bond donors (Lipinski definition) is 0. The molecular formula is C25H20N2O2. The van der Waals surface area contributed by atoms with Gasteiger partial charge in [0.2, 0.25) is 0 Å². The second-order valence-electron chi connectivity index (χ2n) is 6.89. The van der Waals surface area contributed by atoms with Crippen LogP contribution in [0.3, 0.4) is 0 Å². The molecule has 29 heavy (non-hydrogen) atoms. The van der Waals surface area contributed by atoms with Crippen molar-refractivity contribution < 1.29 is 9.53 Å². The molecule has 0 amide bonds. The maximum Gasteiger partial charge on any atom is 0.193 e. The summed E-state index contributed by atoms with van der Waals surface area (Å²) in [6.07, 6.45) is 0. The summed E-state index contributed by atoms with van der Waals surface area (Å²) in [5.74, 6) is -0.520. The van der Waals surface area contributed by atoms with Crippen molar-refractivity contribution in [2.45, 2.75) is 5.92 Å². The fourth-order valence-corrected chi connectivity index (χ4v) is 3.50. The number of ketones is 1. The molecule has 4 aromatic rings. The molecule has 142 valence electrons. The van der Waals surface area contributed by atoms with Gasteiger partial charge in [0, 0.05) is 18.3 Å². The van der Waals surface area contributed by atoms with Crippen molar-refractivity contribution in [3.63, 3.8) is 0 Å². The number of benzene rings is 3. The molecule has 1 atom stereocenters. The van der Waals surface area contributed by atoms with E-state index in [2.05, 4.69) is 6.07 Å². The molecule has 0 saturated carbocycles. The maximum atomic E-state index is 12.7. The van der Waals surface area contributed by atoms with Gasteiger partial charge in [-0.05, 0) is 40.8 Å². The average Bonchev–Trinajstić information content (AvgIpc) is 3.10. The summed E-state index contributed by atoms with van der Waals surface area (Å²) in [6.45, 7) is -0.148. The van der Waals surface area contributed by atoms with Gasteiger partial charge in [-0.3, -0.25) is 4.79 Å². The molecule has 0 spiro atoms. The standard InChI is InChI=1S/C25H20N2O2/c1-27-23-10-6-5-9-20(23)15-24(27)22(16-26)25(28)17-29-21-13-11-19(12-14-21)18-7-3-2-4-8-18/h2-15,22H,17H2,1H3. The van der Waals surface area contributed by atoms with Gasteiger partial charge in [0.05, 0.1) is 6.07 Å². The summed E-state index contributed by atoms with van der Waals surface area (Å²) >= 11 is 0. The lowest BCUT2D eigenvalue weighted by atomic mass is 10.0. The first-order valence-corrected chi connectivity index (χ1v) is 9.42. The first kappa shape index (κ1) is 18.5. The van der Waals surface area contributed by atoms with Gasteiger partial charge in [-0.15, -0.1) is 0 Å². The molecule has 4 rings (SSSR count). The van der Waals surface area contributed by atoms with Crippen molar-refractivity contribution in [1.29, 1.82) is 5.26 Å². The summed E-state index contributed by atoms with van der Waals surface area (Å²) in [5.41, 5.74) is 3.87. The Morgan fingerprint density at radius 2 is 1.62 bits per heavy atom. The first-order chi connectivity index (χ1) is 14.2. The quantitative estimate of drug-likeness (QED) is 0.468. The number of Topliss-reactive ketones (excluding diaryl/α,β-unsaturated/α-hetero) is 1. The fourth-order valence-electron chi connectivity index (χ4n) is 3.50. The Hall–Kier alpha value is -3.84. The number of para-hydroxylation sites is 1. The van der Waals surface area contributed by atoms with E-state index in [-0.39, 0.29) is 12.4 Å². The fraction of sp³-hybridized carbons (Fsp3) is 0.120. The van der Waals surface area contributed by atoms with Crippen LogP contribution in [-0.2, 0) is 11.8 Å². The Bertz CT molecular complexity index is 1190. The Kier molecular flexibility index (Phi) is 5.13. The molecule has 0 aliphatic heterocycles. The van der Waals surface area contributed by atoms with E-state index in [4.69, 9.17) is 4.74 Å². The van der Waals surface area contributed by atoms with Crippen LogP contribution in [0.5, 0.6) is 5.75 Å². The minimum atomic E-state index is -0.865. The predicted molar refractivity (Wildman–Crippen MR) is 114 cm³/mol. The van der Waals surface area contributed by atoms with Crippen molar-refractivity contribution in [3.05, 3.63) is 90.6 Å². The van der Waals surface area contributed by atoms with E-state index in [1.807, 2.05) is 96.5 Å². The molecular weight excluding hydrogens is 360 g/mol. The van der Waals surface area contributed by atoms with Crippen molar-refractivity contribution in [1.82, 2.24) is 4.57 Å². The highest BCUT2D eigenvalue weighted by atomic mass is 16.5. The Morgan fingerprint density at radius 1 is 0.966 bits per heavy atom. The normalized spacial score (nSPS) is 11.7. The Morgan fingerprint density at radius 3 is 2.31 bits per heavy atom. The average molecular weight is 380 g/mol. The smallest absolute Gasteiger partial charge is 0.193 e. The van der Waals surface area contributed by atoms with Crippen LogP contribution in [0.25, 0.3) is 22.0 Å². The van der Waals surface area contributed by atoms with E-state index in [0.29, 0.717) is 11.4 Å². The maximum absolute atomic E-state index is 12.7. The molecule has 0 saturated heterocycles. The van der Waals surface area contributed by atoms with E-state index in [9.17, 15) is 10.1 Å². The molecule has 4 nitrogen and oxygen atoms in total. The van der Waals surface area contributed by atoms with Gasteiger partial charge < -0.3 is 9.30 Å². The monoisotopic (exact) mass is 380 g/mol. The van der Waals surface area contributed by atoms with Crippen LogP contribution >= 0.6 is 0 Å². The number of nitriles is 1. The van der Waals surface area contributed by atoms with E-state index in [1.165, 1.54) is 0 Å². The molecule has 0 bridgehead atoms. The number of fused-ring (bicyclic) bond motifs is 1. The number of rotatable bonds is 6. The number of aromatic nitrogens is 1. The van der Waals surface area contributed by atoms with Crippen molar-refractivity contribution in [2.24, 2.45) is 7.05 Å². The second-order valence-corrected chi connectivity index (χ2v) is 6.89. The number of carbonyl (C=O) groups is 1. The van der Waals surface area contributed by atoms with Crippen LogP contribution in [0, 0.1) is 11.3 Å². The van der Waals surface area contributed by atoms with Gasteiger partial charge in [-0.2, -0.15) is 5.26 Å². The number of aryl methyl sites for hydroxylation is 1. The highest BCUT2D eigenvalue weighted by Crippen LogP contribution is 2.26. The van der Waals surface area contributed by atoms with Crippen molar-refractivity contribution in [3.8, 4) is 22.9 Å². The zero-order chi connectivity index (χ0) is 20.2. The van der Waals surface area contributed by atoms with Gasteiger partial charge in [0.1, 0.15) is 18.3 Å². The summed E-state index contributed by atoms with van der Waals surface area (Å²) in [4.78, 5) is 12.7. The second kappa shape index (κ2) is 8.04. The number of ether oxygens (including phenoxy) is 1. The molecule has 1 aromatic heterocycles. The SMILES string of the molecule is Cn1c(C(C#N)C(=O)COc2ccc(-c3ccccc3)cc2)cc2ccccc21. The Labute approximate surface area is 169 Å². The van der Waals surface area contributed by atoms with Gasteiger partial charge >= 0.3 is 0 Å². The van der Waals surface area contributed by atoms with Gasteiger partial charge in [-0.1, -0.05) is 60.7 Å². The highest BCUT2D eigenvalue weighted by molar-refractivity contribution is 5.92. The topological polar surface area (TPSA) is 55.0 Å². The van der Waals surface area contributed by atoms with E-state index in [0.717, 1.165) is 22.0 Å². The van der Waals surface area contributed by atoms with E-state index in [1.54, 1.807) is 0 Å². The summed E-state index contributed by atoms with van der Waals surface area (Å²) in [7, 11) is 1.87. The molecule has 1 unspecified atom stereocenters. The minimum absolute atomic E-state index is 0.148. The Balaban J connectivity index is 1.47. The molecule has 3 aromatic carbocycles. The van der Waals surface area contributed by atoms with Crippen LogP contribution in [-0.4, -0.2) is 17.0 Å². The lowest BCUT2D eigenvalue weighted by Crippen LogP contribution is -2.20. The number of carbonyl (C=O) groups excluding carboxylic acids is 1. The molecule has 0 radical (unpaired) electrons. The third kappa shape index (κ3) is 3.76. The van der Waals surface area contributed by atoms with Gasteiger partial charge in [-0.25, -0.2) is 0 Å². The lowest BCUT2D eigenvalue weighted by Gasteiger charge is -2.12. The summed E-state index contributed by atoms with van der Waals surface area (Å²) < 4.78 is 7.57. The van der Waals surface area contributed by atoms with Crippen LogP contribution in [0.2, 0.25) is 0 Å². The largest absolute Gasteiger partial charge is 0.486 e. The third-order valence-electron chi connectivity index (χ3n) is 5.08. The molecule has 0 N–H and O–H groups in total. The molecule has 4 heteroatoms. The van der Waals surface area contributed by atoms with E-state index >= 15 is 0 Å². The van der Waals surface area contributed by atoms with Crippen LogP contribution in [0.1, 0.15) is 11.6 Å². The van der Waals surface area contributed by atoms with Crippen LogP contribution in [0.4, 0.5) is 0 Å². The molecule has 0 fully saturated rings. The highest BCUT2D eigenvalue weighted by Gasteiger charge is 2.24. The van der Waals surface area contributed by atoms with Crippen molar-refractivity contribution >= 4 is 16.7 Å². The van der Waals surface area contributed by atoms with Crippen LogP contribution in [0.15, 0.2) is 84.9 Å². The zero-order valence-corrected chi connectivity index (χ0v) is 16.1.